The Labute approximate surface area is 138 Å². The number of nitrogens with zero attached hydrogens (tertiary/aromatic N) is 3. The highest BCUT2D eigenvalue weighted by Crippen LogP contribution is 2.32. The summed E-state index contributed by atoms with van der Waals surface area (Å²) in [6, 6.07) is 2.37. The van der Waals surface area contributed by atoms with Crippen LogP contribution in [0.25, 0.3) is 0 Å². The highest BCUT2D eigenvalue weighted by atomic mass is 32.2. The standard InChI is InChI=1S/C15H19N3O2S2/c1-17-8-12(7-16-17)13-10-21-6-4-18(13)9-11-3-5-22-14(11)15(19)20-2/h3,5,7-8,13H,4,6,9-10H2,1-2H3. The van der Waals surface area contributed by atoms with Crippen LogP contribution in [-0.2, 0) is 18.3 Å². The van der Waals surface area contributed by atoms with Gasteiger partial charge in [0.05, 0.1) is 13.3 Å². The molecular weight excluding hydrogens is 318 g/mol. The zero-order valence-corrected chi connectivity index (χ0v) is 14.3. The number of aromatic nitrogens is 2. The minimum Gasteiger partial charge on any atom is -0.465 e. The van der Waals surface area contributed by atoms with Crippen LogP contribution >= 0.6 is 23.1 Å². The van der Waals surface area contributed by atoms with Gasteiger partial charge in [-0.1, -0.05) is 0 Å². The van der Waals surface area contributed by atoms with E-state index in [4.69, 9.17) is 4.74 Å². The van der Waals surface area contributed by atoms with E-state index < -0.39 is 0 Å². The number of ether oxygens (including phenoxy) is 1. The van der Waals surface area contributed by atoms with Gasteiger partial charge in [-0.3, -0.25) is 9.58 Å². The minimum atomic E-state index is -0.241. The van der Waals surface area contributed by atoms with E-state index in [0.29, 0.717) is 10.9 Å². The second kappa shape index (κ2) is 6.85. The Hall–Kier alpha value is -1.31. The number of carbonyl (C=O) groups is 1. The summed E-state index contributed by atoms with van der Waals surface area (Å²) >= 11 is 3.42. The number of hydrogen-bond acceptors (Lipinski definition) is 6. The van der Waals surface area contributed by atoms with Crippen LogP contribution < -0.4 is 0 Å². The average molecular weight is 337 g/mol. The van der Waals surface area contributed by atoms with Crippen molar-refractivity contribution < 1.29 is 9.53 Å². The first-order valence-corrected chi connectivity index (χ1v) is 9.17. The quantitative estimate of drug-likeness (QED) is 0.803. The molecular formula is C15H19N3O2S2. The van der Waals surface area contributed by atoms with Gasteiger partial charge >= 0.3 is 5.97 Å². The molecule has 0 spiro atoms. The molecule has 22 heavy (non-hydrogen) atoms. The Kier molecular flexibility index (Phi) is 4.85. The third-order valence-corrected chi connectivity index (χ3v) is 5.80. The fraction of sp³-hybridized carbons (Fsp3) is 0.467. The van der Waals surface area contributed by atoms with Crippen LogP contribution in [-0.4, -0.2) is 45.8 Å². The first kappa shape index (κ1) is 15.6. The number of methoxy groups -OCH3 is 1. The monoisotopic (exact) mass is 337 g/mol. The van der Waals surface area contributed by atoms with Gasteiger partial charge in [-0.05, 0) is 17.0 Å². The Balaban J connectivity index is 1.80. The van der Waals surface area contributed by atoms with Crippen LogP contribution in [0, 0.1) is 0 Å². The molecule has 0 aromatic carbocycles. The van der Waals surface area contributed by atoms with Crippen molar-refractivity contribution in [1.82, 2.24) is 14.7 Å². The first-order chi connectivity index (χ1) is 10.7. The van der Waals surface area contributed by atoms with E-state index in [-0.39, 0.29) is 5.97 Å². The number of aryl methyl sites for hydroxylation is 1. The number of esters is 1. The number of thioether (sulfide) groups is 1. The van der Waals surface area contributed by atoms with E-state index in [1.807, 2.05) is 41.1 Å². The molecule has 1 aliphatic rings. The summed E-state index contributed by atoms with van der Waals surface area (Å²) in [5, 5.41) is 6.25. The lowest BCUT2D eigenvalue weighted by atomic mass is 10.1. The first-order valence-electron chi connectivity index (χ1n) is 7.14. The van der Waals surface area contributed by atoms with Crippen molar-refractivity contribution >= 4 is 29.1 Å². The van der Waals surface area contributed by atoms with Crippen LogP contribution in [0.4, 0.5) is 0 Å². The Bertz CT molecular complexity index is 653. The summed E-state index contributed by atoms with van der Waals surface area (Å²) in [6.45, 7) is 1.79. The molecule has 0 N–H and O–H groups in total. The van der Waals surface area contributed by atoms with Crippen LogP contribution in [0.2, 0.25) is 0 Å². The molecule has 1 atom stereocenters. The normalized spacial score (nSPS) is 19.3. The molecule has 7 heteroatoms. The van der Waals surface area contributed by atoms with Gasteiger partial charge in [0.25, 0.3) is 0 Å². The minimum absolute atomic E-state index is 0.241. The van der Waals surface area contributed by atoms with E-state index >= 15 is 0 Å². The smallest absolute Gasteiger partial charge is 0.348 e. The fourth-order valence-corrected chi connectivity index (χ4v) is 4.69. The summed E-state index contributed by atoms with van der Waals surface area (Å²) in [4.78, 5) is 15.0. The van der Waals surface area contributed by atoms with E-state index in [2.05, 4.69) is 16.2 Å². The van der Waals surface area contributed by atoms with E-state index in [9.17, 15) is 4.79 Å². The topological polar surface area (TPSA) is 47.4 Å². The van der Waals surface area contributed by atoms with Crippen molar-refractivity contribution in [2.24, 2.45) is 7.05 Å². The summed E-state index contributed by atoms with van der Waals surface area (Å²) < 4.78 is 6.72. The van der Waals surface area contributed by atoms with Crippen molar-refractivity contribution in [3.8, 4) is 0 Å². The summed E-state index contributed by atoms with van der Waals surface area (Å²) in [5.41, 5.74) is 2.29. The zero-order chi connectivity index (χ0) is 15.5. The van der Waals surface area contributed by atoms with Gasteiger partial charge in [0.2, 0.25) is 0 Å². The van der Waals surface area contributed by atoms with E-state index in [1.165, 1.54) is 24.0 Å². The van der Waals surface area contributed by atoms with Crippen LogP contribution in [0.3, 0.4) is 0 Å². The van der Waals surface area contributed by atoms with Crippen molar-refractivity contribution in [2.75, 3.05) is 25.2 Å². The van der Waals surface area contributed by atoms with Gasteiger partial charge in [0, 0.05) is 49.4 Å². The lowest BCUT2D eigenvalue weighted by Gasteiger charge is -2.34. The van der Waals surface area contributed by atoms with Gasteiger partial charge in [-0.15, -0.1) is 11.3 Å². The largest absolute Gasteiger partial charge is 0.465 e. The molecule has 2 aromatic rings. The molecule has 0 amide bonds. The fourth-order valence-electron chi connectivity index (χ4n) is 2.70. The van der Waals surface area contributed by atoms with Crippen molar-refractivity contribution in [1.29, 1.82) is 0 Å². The lowest BCUT2D eigenvalue weighted by molar-refractivity contribution is 0.0603. The number of rotatable bonds is 4. The number of carbonyl (C=O) groups excluding carboxylic acids is 1. The second-order valence-corrected chi connectivity index (χ2v) is 7.34. The molecule has 0 aliphatic carbocycles. The molecule has 3 rings (SSSR count). The predicted molar refractivity (Wildman–Crippen MR) is 89.3 cm³/mol. The molecule has 0 saturated carbocycles. The van der Waals surface area contributed by atoms with Gasteiger partial charge in [-0.25, -0.2) is 4.79 Å². The van der Waals surface area contributed by atoms with Crippen LogP contribution in [0.15, 0.2) is 23.8 Å². The molecule has 1 unspecified atom stereocenters. The van der Waals surface area contributed by atoms with E-state index in [0.717, 1.165) is 30.2 Å². The average Bonchev–Trinajstić information content (AvgIpc) is 3.16. The molecule has 3 heterocycles. The molecule has 1 saturated heterocycles. The van der Waals surface area contributed by atoms with Crippen LogP contribution in [0.5, 0.6) is 0 Å². The maximum Gasteiger partial charge on any atom is 0.348 e. The van der Waals surface area contributed by atoms with Crippen LogP contribution in [0.1, 0.15) is 26.8 Å². The second-order valence-electron chi connectivity index (χ2n) is 5.28. The third kappa shape index (κ3) is 3.21. The Morgan fingerprint density at radius 2 is 2.41 bits per heavy atom. The maximum atomic E-state index is 11.8. The van der Waals surface area contributed by atoms with Gasteiger partial charge < -0.3 is 4.74 Å². The van der Waals surface area contributed by atoms with Crippen molar-refractivity contribution in [2.45, 2.75) is 12.6 Å². The van der Waals surface area contributed by atoms with Gasteiger partial charge in [-0.2, -0.15) is 16.9 Å². The van der Waals surface area contributed by atoms with Gasteiger partial charge in [0.1, 0.15) is 4.88 Å². The van der Waals surface area contributed by atoms with Crippen molar-refractivity contribution in [3.63, 3.8) is 0 Å². The Morgan fingerprint density at radius 1 is 1.55 bits per heavy atom. The van der Waals surface area contributed by atoms with Gasteiger partial charge in [0.15, 0.2) is 0 Å². The Morgan fingerprint density at radius 3 is 3.14 bits per heavy atom. The summed E-state index contributed by atoms with van der Waals surface area (Å²) in [5.74, 6) is 1.94. The summed E-state index contributed by atoms with van der Waals surface area (Å²) in [6.07, 6.45) is 4.02. The SMILES string of the molecule is COC(=O)c1sccc1CN1CCSCC1c1cnn(C)c1. The zero-order valence-electron chi connectivity index (χ0n) is 12.7. The molecule has 118 valence electrons. The highest BCUT2D eigenvalue weighted by molar-refractivity contribution is 7.99. The molecule has 0 bridgehead atoms. The number of hydrogen-bond donors (Lipinski definition) is 0. The molecule has 1 fully saturated rings. The highest BCUT2D eigenvalue weighted by Gasteiger charge is 2.27. The maximum absolute atomic E-state index is 11.8. The molecule has 2 aromatic heterocycles. The van der Waals surface area contributed by atoms with E-state index in [1.54, 1.807) is 0 Å². The number of thiophene rings is 1. The summed E-state index contributed by atoms with van der Waals surface area (Å²) in [7, 11) is 3.37. The van der Waals surface area contributed by atoms with Crippen molar-refractivity contribution in [3.05, 3.63) is 39.8 Å². The lowest BCUT2D eigenvalue weighted by Crippen LogP contribution is -2.35. The predicted octanol–water partition coefficient (Wildman–Crippen LogP) is 2.56. The molecule has 1 aliphatic heterocycles. The third-order valence-electron chi connectivity index (χ3n) is 3.84. The molecule has 0 radical (unpaired) electrons. The molecule has 5 nitrogen and oxygen atoms in total.